The lowest BCUT2D eigenvalue weighted by atomic mass is 10.0. The van der Waals surface area contributed by atoms with Gasteiger partial charge in [-0.05, 0) is 69.4 Å². The summed E-state index contributed by atoms with van der Waals surface area (Å²) in [6, 6.07) is 7.87. The summed E-state index contributed by atoms with van der Waals surface area (Å²) in [6.45, 7) is 0. The topological polar surface area (TPSA) is 36.9 Å². The van der Waals surface area contributed by atoms with Gasteiger partial charge in [-0.25, -0.2) is 0 Å². The zero-order valence-electron chi connectivity index (χ0n) is 12.7. The summed E-state index contributed by atoms with van der Waals surface area (Å²) in [5, 5.41) is 0. The molecule has 0 fully saturated rings. The first-order valence-electron chi connectivity index (χ1n) is 6.39. The normalized spacial score (nSPS) is 10.3. The van der Waals surface area contributed by atoms with Crippen LogP contribution in [0, 0.1) is 7.14 Å². The highest BCUT2D eigenvalue weighted by molar-refractivity contribution is 14.1. The Hall–Kier alpha value is -0.900. The molecule has 0 radical (unpaired) electrons. The second kappa shape index (κ2) is 7.58. The summed E-state index contributed by atoms with van der Waals surface area (Å²) < 4.78 is 23.6. The van der Waals surface area contributed by atoms with E-state index in [9.17, 15) is 0 Å². The van der Waals surface area contributed by atoms with Crippen molar-refractivity contribution in [1.29, 1.82) is 0 Å². The number of halogens is 2. The van der Waals surface area contributed by atoms with Crippen LogP contribution in [-0.2, 0) is 0 Å². The van der Waals surface area contributed by atoms with Gasteiger partial charge >= 0.3 is 0 Å². The fourth-order valence-electron chi connectivity index (χ4n) is 2.12. The first-order chi connectivity index (χ1) is 10.5. The molecular weight excluding hydrogens is 510 g/mol. The minimum absolute atomic E-state index is 0.698. The molecule has 0 aliphatic rings. The van der Waals surface area contributed by atoms with Crippen LogP contribution in [0.3, 0.4) is 0 Å². The van der Waals surface area contributed by atoms with E-state index in [1.165, 1.54) is 0 Å². The lowest BCUT2D eigenvalue weighted by Gasteiger charge is -2.15. The van der Waals surface area contributed by atoms with Gasteiger partial charge in [0.25, 0.3) is 0 Å². The van der Waals surface area contributed by atoms with Gasteiger partial charge in [-0.3, -0.25) is 0 Å². The van der Waals surface area contributed by atoms with Gasteiger partial charge in [-0.15, -0.1) is 0 Å². The van der Waals surface area contributed by atoms with Crippen molar-refractivity contribution in [2.75, 3.05) is 28.4 Å². The summed E-state index contributed by atoms with van der Waals surface area (Å²) in [7, 11) is 6.53. The van der Waals surface area contributed by atoms with Crippen LogP contribution < -0.4 is 18.9 Å². The zero-order chi connectivity index (χ0) is 16.3. The molecule has 0 bridgehead atoms. The predicted molar refractivity (Wildman–Crippen MR) is 104 cm³/mol. The molecule has 6 heteroatoms. The molecule has 0 saturated heterocycles. The number of methoxy groups -OCH3 is 4. The summed E-state index contributed by atoms with van der Waals surface area (Å²) in [5.41, 5.74) is 2.12. The summed E-state index contributed by atoms with van der Waals surface area (Å²) in [4.78, 5) is 0. The molecule has 0 aliphatic heterocycles. The molecule has 2 rings (SSSR count). The molecule has 118 valence electrons. The standard InChI is InChI=1S/C16H16I2O4/c1-19-13-5-9(11(17)7-15(13)21-3)10-6-14(20-2)16(22-4)8-12(10)18/h5-8H,1-4H3. The van der Waals surface area contributed by atoms with Crippen LogP contribution >= 0.6 is 45.2 Å². The largest absolute Gasteiger partial charge is 0.493 e. The van der Waals surface area contributed by atoms with Crippen molar-refractivity contribution < 1.29 is 18.9 Å². The second-order valence-corrected chi connectivity index (χ2v) is 6.70. The molecular formula is C16H16I2O4. The molecule has 0 aromatic heterocycles. The molecule has 2 aromatic rings. The Bertz CT molecular complexity index is 627. The molecule has 0 aliphatic carbocycles. The van der Waals surface area contributed by atoms with E-state index in [1.54, 1.807) is 28.4 Å². The number of benzene rings is 2. The molecule has 0 amide bonds. The van der Waals surface area contributed by atoms with E-state index in [0.29, 0.717) is 23.0 Å². The Morgan fingerprint density at radius 1 is 0.545 bits per heavy atom. The molecule has 2 aromatic carbocycles. The van der Waals surface area contributed by atoms with Crippen LogP contribution in [0.1, 0.15) is 0 Å². The average Bonchev–Trinajstić information content (AvgIpc) is 2.54. The van der Waals surface area contributed by atoms with Crippen LogP contribution in [0.5, 0.6) is 23.0 Å². The van der Waals surface area contributed by atoms with E-state index < -0.39 is 0 Å². The molecule has 0 atom stereocenters. The Morgan fingerprint density at radius 2 is 0.818 bits per heavy atom. The number of ether oxygens (including phenoxy) is 4. The first-order valence-corrected chi connectivity index (χ1v) is 8.54. The van der Waals surface area contributed by atoms with E-state index in [2.05, 4.69) is 45.2 Å². The predicted octanol–water partition coefficient (Wildman–Crippen LogP) is 4.60. The van der Waals surface area contributed by atoms with Gasteiger partial charge < -0.3 is 18.9 Å². The van der Waals surface area contributed by atoms with Crippen molar-refractivity contribution >= 4 is 45.2 Å². The Labute approximate surface area is 157 Å². The van der Waals surface area contributed by atoms with Crippen molar-refractivity contribution in [1.82, 2.24) is 0 Å². The van der Waals surface area contributed by atoms with Crippen molar-refractivity contribution in [2.45, 2.75) is 0 Å². The van der Waals surface area contributed by atoms with Crippen LogP contribution in [-0.4, -0.2) is 28.4 Å². The van der Waals surface area contributed by atoms with Crippen molar-refractivity contribution in [3.63, 3.8) is 0 Å². The number of hydrogen-bond donors (Lipinski definition) is 0. The van der Waals surface area contributed by atoms with E-state index >= 15 is 0 Å². The highest BCUT2D eigenvalue weighted by atomic mass is 127. The molecule has 0 unspecified atom stereocenters. The lowest BCUT2D eigenvalue weighted by Crippen LogP contribution is -1.96. The quantitative estimate of drug-likeness (QED) is 0.535. The van der Waals surface area contributed by atoms with Gasteiger partial charge in [0.15, 0.2) is 23.0 Å². The van der Waals surface area contributed by atoms with Crippen molar-refractivity contribution in [2.24, 2.45) is 0 Å². The van der Waals surface area contributed by atoms with Gasteiger partial charge in [0.1, 0.15) is 0 Å². The van der Waals surface area contributed by atoms with E-state index in [-0.39, 0.29) is 0 Å². The fourth-order valence-corrected chi connectivity index (χ4v) is 3.58. The van der Waals surface area contributed by atoms with Crippen LogP contribution in [0.25, 0.3) is 11.1 Å². The molecule has 0 saturated carbocycles. The molecule has 4 nitrogen and oxygen atoms in total. The Balaban J connectivity index is 2.66. The monoisotopic (exact) mass is 526 g/mol. The maximum Gasteiger partial charge on any atom is 0.161 e. The Kier molecular flexibility index (Phi) is 6.01. The van der Waals surface area contributed by atoms with Gasteiger partial charge in [0, 0.05) is 18.3 Å². The van der Waals surface area contributed by atoms with Gasteiger partial charge in [-0.2, -0.15) is 0 Å². The molecule has 22 heavy (non-hydrogen) atoms. The van der Waals surface area contributed by atoms with Gasteiger partial charge in [0.2, 0.25) is 0 Å². The third-order valence-corrected chi connectivity index (χ3v) is 5.02. The SMILES string of the molecule is COc1cc(I)c(-c2cc(OC)c(OC)cc2I)cc1OC. The zero-order valence-corrected chi connectivity index (χ0v) is 17.0. The maximum absolute atomic E-state index is 5.41. The highest BCUT2D eigenvalue weighted by Crippen LogP contribution is 2.41. The fraction of sp³-hybridized carbons (Fsp3) is 0.250. The van der Waals surface area contributed by atoms with Crippen molar-refractivity contribution in [3.05, 3.63) is 31.4 Å². The van der Waals surface area contributed by atoms with Gasteiger partial charge in [0.05, 0.1) is 28.4 Å². The van der Waals surface area contributed by atoms with Crippen LogP contribution in [0.15, 0.2) is 24.3 Å². The van der Waals surface area contributed by atoms with Gasteiger partial charge in [-0.1, -0.05) is 0 Å². The smallest absolute Gasteiger partial charge is 0.161 e. The third-order valence-electron chi connectivity index (χ3n) is 3.24. The summed E-state index contributed by atoms with van der Waals surface area (Å²) >= 11 is 4.59. The average molecular weight is 526 g/mol. The van der Waals surface area contributed by atoms with E-state index in [1.807, 2.05) is 24.3 Å². The summed E-state index contributed by atoms with van der Waals surface area (Å²) in [5.74, 6) is 2.82. The number of rotatable bonds is 5. The number of hydrogen-bond acceptors (Lipinski definition) is 4. The highest BCUT2D eigenvalue weighted by Gasteiger charge is 2.16. The van der Waals surface area contributed by atoms with E-state index in [0.717, 1.165) is 18.3 Å². The molecule has 0 N–H and O–H groups in total. The molecule has 0 spiro atoms. The minimum Gasteiger partial charge on any atom is -0.493 e. The van der Waals surface area contributed by atoms with Crippen LogP contribution in [0.2, 0.25) is 0 Å². The minimum atomic E-state index is 0.698. The second-order valence-electron chi connectivity index (χ2n) is 4.37. The third kappa shape index (κ3) is 3.37. The van der Waals surface area contributed by atoms with Crippen LogP contribution in [0.4, 0.5) is 0 Å². The van der Waals surface area contributed by atoms with E-state index in [4.69, 9.17) is 18.9 Å². The van der Waals surface area contributed by atoms with Crippen molar-refractivity contribution in [3.8, 4) is 34.1 Å². The Morgan fingerprint density at radius 3 is 1.09 bits per heavy atom. The lowest BCUT2D eigenvalue weighted by molar-refractivity contribution is 0.354. The maximum atomic E-state index is 5.41. The molecule has 0 heterocycles. The first kappa shape index (κ1) is 17.5. The summed E-state index contributed by atoms with van der Waals surface area (Å²) in [6.07, 6.45) is 0.